The summed E-state index contributed by atoms with van der Waals surface area (Å²) in [5.41, 5.74) is 2.12. The fourth-order valence-corrected chi connectivity index (χ4v) is 1.85. The van der Waals surface area contributed by atoms with E-state index in [9.17, 15) is 4.79 Å². The molecule has 100 valence electrons. The van der Waals surface area contributed by atoms with Gasteiger partial charge in [0.25, 0.3) is 5.91 Å². The van der Waals surface area contributed by atoms with Gasteiger partial charge in [-0.1, -0.05) is 12.1 Å². The van der Waals surface area contributed by atoms with Crippen molar-refractivity contribution in [1.29, 1.82) is 0 Å². The fraction of sp³-hybridized carbons (Fsp3) is 0.286. The molecule has 1 aliphatic heterocycles. The Hall–Kier alpha value is -2.14. The van der Waals surface area contributed by atoms with E-state index in [2.05, 4.69) is 5.10 Å². The zero-order chi connectivity index (χ0) is 13.8. The first-order chi connectivity index (χ1) is 9.15. The highest BCUT2D eigenvalue weighted by atomic mass is 16.5. The molecule has 1 amide bonds. The highest BCUT2D eigenvalue weighted by Crippen LogP contribution is 2.19. The van der Waals surface area contributed by atoms with Gasteiger partial charge in [0.2, 0.25) is 0 Å². The van der Waals surface area contributed by atoms with Crippen LogP contribution in [0.5, 0.6) is 5.75 Å². The number of amides is 1. The molecule has 1 aromatic carbocycles. The summed E-state index contributed by atoms with van der Waals surface area (Å²) in [6, 6.07) is 7.43. The largest absolute Gasteiger partial charge is 0.497 e. The van der Waals surface area contributed by atoms with Crippen LogP contribution in [0.3, 0.4) is 0 Å². The van der Waals surface area contributed by atoms with Crippen LogP contribution in [0.25, 0.3) is 6.08 Å². The third-order valence-corrected chi connectivity index (χ3v) is 2.86. The standard InChI is InChI=1S/C14H16N2O3/c1-10-13(14(18)16(15-10)7-8-17)9-11-3-5-12(19-2)6-4-11/h3-6,9,17H,7-8H2,1-2H3/b13-9-. The summed E-state index contributed by atoms with van der Waals surface area (Å²) in [5.74, 6) is 0.592. The molecule has 0 saturated heterocycles. The van der Waals surface area contributed by atoms with Gasteiger partial charge in [0.05, 0.1) is 31.5 Å². The third-order valence-electron chi connectivity index (χ3n) is 2.86. The van der Waals surface area contributed by atoms with E-state index in [1.54, 1.807) is 20.1 Å². The molecular formula is C14H16N2O3. The molecule has 0 aromatic heterocycles. The van der Waals surface area contributed by atoms with E-state index in [-0.39, 0.29) is 19.1 Å². The zero-order valence-corrected chi connectivity index (χ0v) is 11.0. The number of benzene rings is 1. The summed E-state index contributed by atoms with van der Waals surface area (Å²) in [4.78, 5) is 12.0. The van der Waals surface area contributed by atoms with E-state index in [1.807, 2.05) is 24.3 Å². The lowest BCUT2D eigenvalue weighted by Crippen LogP contribution is -2.25. The van der Waals surface area contributed by atoms with Gasteiger partial charge in [-0.15, -0.1) is 0 Å². The third kappa shape index (κ3) is 2.82. The minimum absolute atomic E-state index is 0.0989. The predicted molar refractivity (Wildman–Crippen MR) is 72.9 cm³/mol. The fourth-order valence-electron chi connectivity index (χ4n) is 1.85. The average molecular weight is 260 g/mol. The summed E-state index contributed by atoms with van der Waals surface area (Å²) in [5, 5.41) is 14.3. The molecule has 19 heavy (non-hydrogen) atoms. The molecule has 1 aromatic rings. The second kappa shape index (κ2) is 5.67. The number of β-amino-alcohol motifs (C(OH)–C–C–N with tert-alkyl or cyclic N) is 1. The van der Waals surface area contributed by atoms with Crippen molar-refractivity contribution < 1.29 is 14.6 Å². The summed E-state index contributed by atoms with van der Waals surface area (Å²) >= 11 is 0. The van der Waals surface area contributed by atoms with Gasteiger partial charge in [-0.2, -0.15) is 5.10 Å². The van der Waals surface area contributed by atoms with Gasteiger partial charge < -0.3 is 9.84 Å². The van der Waals surface area contributed by atoms with Crippen molar-refractivity contribution in [3.63, 3.8) is 0 Å². The molecule has 0 saturated carbocycles. The summed E-state index contributed by atoms with van der Waals surface area (Å²) in [6.07, 6.45) is 1.79. The Morgan fingerprint density at radius 1 is 1.37 bits per heavy atom. The lowest BCUT2D eigenvalue weighted by Gasteiger charge is -2.08. The number of hydrogen-bond acceptors (Lipinski definition) is 4. The van der Waals surface area contributed by atoms with Crippen molar-refractivity contribution in [2.45, 2.75) is 6.92 Å². The molecule has 5 nitrogen and oxygen atoms in total. The normalized spacial score (nSPS) is 17.0. The van der Waals surface area contributed by atoms with Crippen LogP contribution in [-0.4, -0.2) is 42.0 Å². The number of carbonyl (C=O) groups excluding carboxylic acids is 1. The van der Waals surface area contributed by atoms with Crippen molar-refractivity contribution in [3.8, 4) is 5.75 Å². The Morgan fingerprint density at radius 2 is 2.05 bits per heavy atom. The molecular weight excluding hydrogens is 244 g/mol. The Labute approximate surface area is 111 Å². The molecule has 0 spiro atoms. The Balaban J connectivity index is 2.23. The maximum atomic E-state index is 12.0. The van der Waals surface area contributed by atoms with Crippen LogP contribution in [0, 0.1) is 0 Å². The van der Waals surface area contributed by atoms with E-state index < -0.39 is 0 Å². The maximum Gasteiger partial charge on any atom is 0.275 e. The van der Waals surface area contributed by atoms with E-state index in [4.69, 9.17) is 9.84 Å². The first kappa shape index (κ1) is 13.3. The van der Waals surface area contributed by atoms with Gasteiger partial charge in [0, 0.05) is 0 Å². The molecule has 0 atom stereocenters. The van der Waals surface area contributed by atoms with Crippen LogP contribution in [0.15, 0.2) is 34.9 Å². The second-order valence-corrected chi connectivity index (χ2v) is 4.17. The number of aliphatic hydroxyl groups is 1. The number of ether oxygens (including phenoxy) is 1. The predicted octanol–water partition coefficient (Wildman–Crippen LogP) is 1.29. The Bertz CT molecular complexity index is 532. The van der Waals surface area contributed by atoms with Crippen LogP contribution in [0.1, 0.15) is 12.5 Å². The van der Waals surface area contributed by atoms with Gasteiger partial charge in [-0.3, -0.25) is 4.79 Å². The quantitative estimate of drug-likeness (QED) is 0.830. The molecule has 1 heterocycles. The van der Waals surface area contributed by atoms with Gasteiger partial charge in [0.1, 0.15) is 5.75 Å². The summed E-state index contributed by atoms with van der Waals surface area (Å²) < 4.78 is 5.08. The lowest BCUT2D eigenvalue weighted by molar-refractivity contribution is -0.126. The molecule has 0 aliphatic carbocycles. The second-order valence-electron chi connectivity index (χ2n) is 4.17. The topological polar surface area (TPSA) is 62.1 Å². The lowest BCUT2D eigenvalue weighted by atomic mass is 10.1. The number of rotatable bonds is 4. The monoisotopic (exact) mass is 260 g/mol. The highest BCUT2D eigenvalue weighted by molar-refractivity contribution is 6.26. The number of aliphatic hydroxyl groups excluding tert-OH is 1. The molecule has 0 fully saturated rings. The Kier molecular flexibility index (Phi) is 3.97. The Morgan fingerprint density at radius 3 is 2.63 bits per heavy atom. The van der Waals surface area contributed by atoms with Crippen LogP contribution in [0.4, 0.5) is 0 Å². The molecule has 0 unspecified atom stereocenters. The minimum Gasteiger partial charge on any atom is -0.497 e. The molecule has 0 radical (unpaired) electrons. The first-order valence-electron chi connectivity index (χ1n) is 5.99. The highest BCUT2D eigenvalue weighted by Gasteiger charge is 2.26. The van der Waals surface area contributed by atoms with E-state index in [0.717, 1.165) is 11.3 Å². The van der Waals surface area contributed by atoms with Gasteiger partial charge in [0.15, 0.2) is 0 Å². The van der Waals surface area contributed by atoms with Crippen LogP contribution >= 0.6 is 0 Å². The molecule has 1 N–H and O–H groups in total. The summed E-state index contributed by atoms with van der Waals surface area (Å²) in [6.45, 7) is 1.90. The molecule has 2 rings (SSSR count). The van der Waals surface area contributed by atoms with Crippen molar-refractivity contribution in [3.05, 3.63) is 35.4 Å². The van der Waals surface area contributed by atoms with Crippen molar-refractivity contribution in [2.75, 3.05) is 20.3 Å². The summed E-state index contributed by atoms with van der Waals surface area (Å²) in [7, 11) is 1.61. The molecule has 0 bridgehead atoms. The number of hydrazone groups is 1. The van der Waals surface area contributed by atoms with E-state index in [1.165, 1.54) is 5.01 Å². The maximum absolute atomic E-state index is 12.0. The van der Waals surface area contributed by atoms with Crippen molar-refractivity contribution >= 4 is 17.7 Å². The van der Waals surface area contributed by atoms with Crippen LogP contribution in [0.2, 0.25) is 0 Å². The zero-order valence-electron chi connectivity index (χ0n) is 11.0. The number of methoxy groups -OCH3 is 1. The SMILES string of the molecule is COc1ccc(/C=C2\C(=O)N(CCO)N=C2C)cc1. The molecule has 1 aliphatic rings. The van der Waals surface area contributed by atoms with Gasteiger partial charge in [-0.25, -0.2) is 5.01 Å². The number of hydrogen-bond donors (Lipinski definition) is 1. The number of carbonyl (C=O) groups is 1. The van der Waals surface area contributed by atoms with E-state index >= 15 is 0 Å². The minimum atomic E-state index is -0.178. The van der Waals surface area contributed by atoms with E-state index in [0.29, 0.717) is 11.3 Å². The van der Waals surface area contributed by atoms with Gasteiger partial charge >= 0.3 is 0 Å². The van der Waals surface area contributed by atoms with Crippen molar-refractivity contribution in [1.82, 2.24) is 5.01 Å². The van der Waals surface area contributed by atoms with Crippen LogP contribution < -0.4 is 4.74 Å². The van der Waals surface area contributed by atoms with Crippen LogP contribution in [-0.2, 0) is 4.79 Å². The first-order valence-corrected chi connectivity index (χ1v) is 5.99. The average Bonchev–Trinajstić information content (AvgIpc) is 2.68. The van der Waals surface area contributed by atoms with Gasteiger partial charge in [-0.05, 0) is 30.7 Å². The molecule has 5 heteroatoms. The smallest absolute Gasteiger partial charge is 0.275 e. The number of nitrogens with zero attached hydrogens (tertiary/aromatic N) is 2. The van der Waals surface area contributed by atoms with Crippen molar-refractivity contribution in [2.24, 2.45) is 5.10 Å².